The van der Waals surface area contributed by atoms with Crippen LogP contribution in [0.15, 0.2) is 40.9 Å². The first-order valence-corrected chi connectivity index (χ1v) is 9.96. The van der Waals surface area contributed by atoms with Gasteiger partial charge in [-0.05, 0) is 51.8 Å². The number of phenolic OH excluding ortho intramolecular Hbond substituents is 1. The molecule has 0 bridgehead atoms. The number of amides is 1. The number of rotatable bonds is 4. The molecule has 2 heterocycles. The molecule has 1 aliphatic rings. The number of hydrogen-bond acceptors (Lipinski definition) is 5. The fourth-order valence-corrected chi connectivity index (χ4v) is 3.71. The molecule has 2 N–H and O–H groups in total. The second kappa shape index (κ2) is 8.26. The van der Waals surface area contributed by atoms with Gasteiger partial charge in [-0.25, -0.2) is 4.98 Å². The van der Waals surface area contributed by atoms with Gasteiger partial charge in [0, 0.05) is 13.1 Å². The Balaban J connectivity index is 1.82. The van der Waals surface area contributed by atoms with Crippen LogP contribution >= 0.6 is 15.9 Å². The van der Waals surface area contributed by atoms with Gasteiger partial charge >= 0.3 is 0 Å². The number of H-pyrrole nitrogens is 1. The summed E-state index contributed by atoms with van der Waals surface area (Å²) in [5.41, 5.74) is 2.77. The van der Waals surface area contributed by atoms with Gasteiger partial charge in [0.25, 0.3) is 5.91 Å². The molecule has 0 spiro atoms. The monoisotopic (exact) mass is 457 g/mol. The van der Waals surface area contributed by atoms with Crippen LogP contribution in [0.3, 0.4) is 0 Å². The quantitative estimate of drug-likeness (QED) is 0.585. The number of methoxy groups -OCH3 is 1. The van der Waals surface area contributed by atoms with Crippen LogP contribution in [-0.2, 0) is 9.53 Å². The average Bonchev–Trinajstić information content (AvgIpc) is 3.18. The number of halogens is 1. The van der Waals surface area contributed by atoms with Crippen LogP contribution in [0.25, 0.3) is 22.7 Å². The molecule has 4 rings (SSSR count). The second-order valence-electron chi connectivity index (χ2n) is 6.62. The number of aromatic amines is 1. The van der Waals surface area contributed by atoms with Crippen molar-refractivity contribution in [1.29, 1.82) is 0 Å². The average molecular weight is 458 g/mol. The summed E-state index contributed by atoms with van der Waals surface area (Å²) in [7, 11) is 1.48. The molecular weight excluding hydrogens is 438 g/mol. The molecule has 0 aliphatic carbocycles. The van der Waals surface area contributed by atoms with Crippen molar-refractivity contribution in [1.82, 2.24) is 14.9 Å². The molecule has 1 fully saturated rings. The highest BCUT2D eigenvalue weighted by atomic mass is 79.9. The van der Waals surface area contributed by atoms with E-state index in [4.69, 9.17) is 9.47 Å². The molecule has 0 radical (unpaired) electrons. The zero-order valence-electron chi connectivity index (χ0n) is 15.8. The number of ether oxygens (including phenoxy) is 2. The van der Waals surface area contributed by atoms with E-state index in [9.17, 15) is 9.90 Å². The summed E-state index contributed by atoms with van der Waals surface area (Å²) in [5, 5.41) is 10.1. The Morgan fingerprint density at radius 2 is 2.07 bits per heavy atom. The maximum atomic E-state index is 13.3. The standard InChI is InChI=1S/C21H20BrN3O4/c1-28-18-12-13(11-15(22)19(18)26)10-14(21(27)25-6-8-29-9-7-25)20-23-16-4-2-3-5-17(16)24-20/h2-5,10-12,26H,6-9H2,1H3,(H,23,24)/b14-10+. The highest BCUT2D eigenvalue weighted by molar-refractivity contribution is 9.10. The Kier molecular flexibility index (Phi) is 5.55. The van der Waals surface area contributed by atoms with E-state index in [1.165, 1.54) is 7.11 Å². The second-order valence-corrected chi connectivity index (χ2v) is 7.47. The molecule has 3 aromatic rings. The van der Waals surface area contributed by atoms with Gasteiger partial charge in [0.15, 0.2) is 11.5 Å². The summed E-state index contributed by atoms with van der Waals surface area (Å²) >= 11 is 3.33. The minimum Gasteiger partial charge on any atom is -0.503 e. The lowest BCUT2D eigenvalue weighted by molar-refractivity contribution is -0.128. The highest BCUT2D eigenvalue weighted by Gasteiger charge is 2.24. The summed E-state index contributed by atoms with van der Waals surface area (Å²) < 4.78 is 11.1. The van der Waals surface area contributed by atoms with Crippen LogP contribution in [0.2, 0.25) is 0 Å². The van der Waals surface area contributed by atoms with E-state index in [0.29, 0.717) is 53.5 Å². The molecule has 0 atom stereocenters. The van der Waals surface area contributed by atoms with E-state index in [2.05, 4.69) is 25.9 Å². The zero-order chi connectivity index (χ0) is 20.4. The first kappa shape index (κ1) is 19.5. The van der Waals surface area contributed by atoms with Gasteiger partial charge in [-0.2, -0.15) is 0 Å². The Morgan fingerprint density at radius 1 is 1.31 bits per heavy atom. The lowest BCUT2D eigenvalue weighted by Crippen LogP contribution is -2.41. The molecule has 0 saturated carbocycles. The van der Waals surface area contributed by atoms with Crippen LogP contribution in [-0.4, -0.2) is 59.3 Å². The van der Waals surface area contributed by atoms with Crippen molar-refractivity contribution in [3.63, 3.8) is 0 Å². The number of fused-ring (bicyclic) bond motifs is 1. The normalized spacial score (nSPS) is 15.0. The van der Waals surface area contributed by atoms with E-state index in [1.54, 1.807) is 23.1 Å². The number of benzene rings is 2. The Bertz CT molecular complexity index is 1050. The Morgan fingerprint density at radius 3 is 2.79 bits per heavy atom. The van der Waals surface area contributed by atoms with Gasteiger partial charge in [0.05, 0.1) is 41.4 Å². The fraction of sp³-hybridized carbons (Fsp3) is 0.238. The number of aromatic hydroxyl groups is 1. The molecule has 0 unspecified atom stereocenters. The van der Waals surface area contributed by atoms with E-state index in [0.717, 1.165) is 11.0 Å². The summed E-state index contributed by atoms with van der Waals surface area (Å²) in [4.78, 5) is 22.9. The molecular formula is C21H20BrN3O4. The van der Waals surface area contributed by atoms with Crippen LogP contribution in [0.5, 0.6) is 11.5 Å². The van der Waals surface area contributed by atoms with Crippen LogP contribution in [0.4, 0.5) is 0 Å². The minimum atomic E-state index is -0.129. The molecule has 1 amide bonds. The van der Waals surface area contributed by atoms with Gasteiger partial charge < -0.3 is 24.5 Å². The fourth-order valence-electron chi connectivity index (χ4n) is 3.25. The number of aromatic nitrogens is 2. The predicted octanol–water partition coefficient (Wildman–Crippen LogP) is 3.44. The lowest BCUT2D eigenvalue weighted by atomic mass is 10.1. The highest BCUT2D eigenvalue weighted by Crippen LogP contribution is 2.36. The Labute approximate surface area is 176 Å². The third-order valence-corrected chi connectivity index (χ3v) is 5.36. The lowest BCUT2D eigenvalue weighted by Gasteiger charge is -2.27. The van der Waals surface area contributed by atoms with Gasteiger partial charge in [0.1, 0.15) is 5.82 Å². The Hall–Kier alpha value is -2.84. The maximum absolute atomic E-state index is 13.3. The zero-order valence-corrected chi connectivity index (χ0v) is 17.4. The van der Waals surface area contributed by atoms with Crippen molar-refractivity contribution in [3.05, 3.63) is 52.3 Å². The van der Waals surface area contributed by atoms with Gasteiger partial charge in [0.2, 0.25) is 0 Å². The van der Waals surface area contributed by atoms with Crippen LogP contribution < -0.4 is 4.74 Å². The first-order valence-electron chi connectivity index (χ1n) is 9.17. The number of nitrogens with one attached hydrogen (secondary N) is 1. The van der Waals surface area contributed by atoms with Crippen molar-refractivity contribution >= 4 is 44.5 Å². The number of carbonyl (C=O) groups is 1. The number of para-hydroxylation sites is 2. The number of morpholine rings is 1. The van der Waals surface area contributed by atoms with Crippen LogP contribution in [0, 0.1) is 0 Å². The molecule has 8 heteroatoms. The molecule has 1 aromatic heterocycles. The van der Waals surface area contributed by atoms with E-state index in [-0.39, 0.29) is 11.7 Å². The van der Waals surface area contributed by atoms with Gasteiger partial charge in [-0.15, -0.1) is 0 Å². The SMILES string of the molecule is COc1cc(/C=C(/C(=O)N2CCOCC2)c2nc3ccccc3[nH]2)cc(Br)c1O. The third kappa shape index (κ3) is 3.99. The molecule has 1 aliphatic heterocycles. The smallest absolute Gasteiger partial charge is 0.257 e. The molecule has 1 saturated heterocycles. The largest absolute Gasteiger partial charge is 0.503 e. The number of carbonyl (C=O) groups excluding carboxylic acids is 1. The van der Waals surface area contributed by atoms with Crippen molar-refractivity contribution < 1.29 is 19.4 Å². The van der Waals surface area contributed by atoms with Gasteiger partial charge in [-0.1, -0.05) is 12.1 Å². The van der Waals surface area contributed by atoms with Crippen molar-refractivity contribution in [2.45, 2.75) is 0 Å². The third-order valence-electron chi connectivity index (χ3n) is 4.75. The molecule has 29 heavy (non-hydrogen) atoms. The number of imidazole rings is 1. The first-order chi connectivity index (χ1) is 14.1. The summed E-state index contributed by atoms with van der Waals surface area (Å²) in [6, 6.07) is 11.0. The van der Waals surface area contributed by atoms with Crippen LogP contribution in [0.1, 0.15) is 11.4 Å². The van der Waals surface area contributed by atoms with E-state index in [1.807, 2.05) is 24.3 Å². The summed E-state index contributed by atoms with van der Waals surface area (Å²) in [5.74, 6) is 0.684. The van der Waals surface area contributed by atoms with E-state index >= 15 is 0 Å². The van der Waals surface area contributed by atoms with Crippen molar-refractivity contribution in [2.75, 3.05) is 33.4 Å². The molecule has 7 nitrogen and oxygen atoms in total. The summed E-state index contributed by atoms with van der Waals surface area (Å²) in [6.07, 6.45) is 1.75. The predicted molar refractivity (Wildman–Crippen MR) is 114 cm³/mol. The molecule has 2 aromatic carbocycles. The number of nitrogens with zero attached hydrogens (tertiary/aromatic N) is 2. The van der Waals surface area contributed by atoms with Crippen molar-refractivity contribution in [3.8, 4) is 11.5 Å². The van der Waals surface area contributed by atoms with Gasteiger partial charge in [-0.3, -0.25) is 4.79 Å². The maximum Gasteiger partial charge on any atom is 0.257 e. The minimum absolute atomic E-state index is 0.00874. The van der Waals surface area contributed by atoms with E-state index < -0.39 is 0 Å². The van der Waals surface area contributed by atoms with Crippen molar-refractivity contribution in [2.24, 2.45) is 0 Å². The number of hydrogen-bond donors (Lipinski definition) is 2. The number of phenols is 1. The topological polar surface area (TPSA) is 87.7 Å². The molecule has 150 valence electrons. The summed E-state index contributed by atoms with van der Waals surface area (Å²) in [6.45, 7) is 2.08.